The molecule has 1 saturated heterocycles. The first-order chi connectivity index (χ1) is 12.2. The van der Waals surface area contributed by atoms with Crippen LogP contribution in [0.25, 0.3) is 10.9 Å². The van der Waals surface area contributed by atoms with Gasteiger partial charge in [-0.25, -0.2) is 4.39 Å². The summed E-state index contributed by atoms with van der Waals surface area (Å²) in [4.78, 5) is 18.0. The number of nitrogens with one attached hydrogen (secondary N) is 1. The van der Waals surface area contributed by atoms with Crippen LogP contribution in [-0.4, -0.2) is 28.9 Å². The van der Waals surface area contributed by atoms with Gasteiger partial charge in [-0.15, -0.1) is 0 Å². The summed E-state index contributed by atoms with van der Waals surface area (Å²) in [6, 6.07) is 16.7. The van der Waals surface area contributed by atoms with Crippen molar-refractivity contribution in [3.05, 3.63) is 71.7 Å². The Morgan fingerprint density at radius 2 is 2.00 bits per heavy atom. The van der Waals surface area contributed by atoms with Crippen LogP contribution in [0, 0.1) is 5.82 Å². The van der Waals surface area contributed by atoms with Crippen LogP contribution >= 0.6 is 0 Å². The lowest BCUT2D eigenvalue weighted by atomic mass is 9.94. The molecule has 2 aromatic carbocycles. The quantitative estimate of drug-likeness (QED) is 0.762. The van der Waals surface area contributed by atoms with Crippen molar-refractivity contribution in [2.24, 2.45) is 0 Å². The predicted octanol–water partition coefficient (Wildman–Crippen LogP) is 4.26. The topological polar surface area (TPSA) is 36.1 Å². The normalized spacial score (nSPS) is 17.8. The smallest absolute Gasteiger partial charge is 0.227 e. The molecule has 0 spiro atoms. The Kier molecular flexibility index (Phi) is 4.26. The highest BCUT2D eigenvalue weighted by Gasteiger charge is 2.25. The number of benzene rings is 2. The van der Waals surface area contributed by atoms with Gasteiger partial charge in [0.05, 0.1) is 6.42 Å². The number of piperidine rings is 1. The number of amides is 1. The zero-order valence-electron chi connectivity index (χ0n) is 14.0. The Morgan fingerprint density at radius 3 is 2.84 bits per heavy atom. The summed E-state index contributed by atoms with van der Waals surface area (Å²) in [7, 11) is 0. The van der Waals surface area contributed by atoms with Crippen molar-refractivity contribution in [2.75, 3.05) is 13.1 Å². The van der Waals surface area contributed by atoms with Gasteiger partial charge in [0.2, 0.25) is 5.91 Å². The highest BCUT2D eigenvalue weighted by atomic mass is 19.1. The number of aromatic amines is 1. The van der Waals surface area contributed by atoms with E-state index in [0.29, 0.717) is 6.42 Å². The highest BCUT2D eigenvalue weighted by molar-refractivity contribution is 5.81. The standard InChI is InChI=1S/C21H21FN2O/c22-18-8-9-19-17(12-18)13-20(23-19)16-7-4-10-24(14-16)21(25)11-15-5-2-1-3-6-15/h1-3,5-6,8-9,12-13,16,23H,4,7,10-11,14H2. The van der Waals surface area contributed by atoms with Crippen LogP contribution in [0.15, 0.2) is 54.6 Å². The number of fused-ring (bicyclic) bond motifs is 1. The van der Waals surface area contributed by atoms with E-state index >= 15 is 0 Å². The zero-order chi connectivity index (χ0) is 17.2. The summed E-state index contributed by atoms with van der Waals surface area (Å²) < 4.78 is 13.4. The first kappa shape index (κ1) is 15.9. The van der Waals surface area contributed by atoms with E-state index in [-0.39, 0.29) is 17.6 Å². The van der Waals surface area contributed by atoms with E-state index in [1.54, 1.807) is 12.1 Å². The molecule has 1 atom stereocenters. The van der Waals surface area contributed by atoms with Crippen LogP contribution in [0.5, 0.6) is 0 Å². The summed E-state index contributed by atoms with van der Waals surface area (Å²) in [6.45, 7) is 1.54. The Balaban J connectivity index is 1.49. The number of carbonyl (C=O) groups excluding carboxylic acids is 1. The molecule has 1 aliphatic heterocycles. The Labute approximate surface area is 146 Å². The number of nitrogens with zero attached hydrogens (tertiary/aromatic N) is 1. The first-order valence-corrected chi connectivity index (χ1v) is 8.79. The van der Waals surface area contributed by atoms with E-state index in [2.05, 4.69) is 4.98 Å². The number of hydrogen-bond acceptors (Lipinski definition) is 1. The highest BCUT2D eigenvalue weighted by Crippen LogP contribution is 2.29. The zero-order valence-corrected chi connectivity index (χ0v) is 14.0. The van der Waals surface area contributed by atoms with E-state index < -0.39 is 0 Å². The monoisotopic (exact) mass is 336 g/mol. The van der Waals surface area contributed by atoms with Crippen molar-refractivity contribution in [1.82, 2.24) is 9.88 Å². The molecule has 1 fully saturated rings. The van der Waals surface area contributed by atoms with Crippen molar-refractivity contribution in [1.29, 1.82) is 0 Å². The van der Waals surface area contributed by atoms with Gasteiger partial charge in [-0.05, 0) is 42.7 Å². The molecule has 0 saturated carbocycles. The Hall–Kier alpha value is -2.62. The summed E-state index contributed by atoms with van der Waals surface area (Å²) in [6.07, 6.45) is 2.49. The second-order valence-corrected chi connectivity index (χ2v) is 6.80. The van der Waals surface area contributed by atoms with Crippen molar-refractivity contribution in [2.45, 2.75) is 25.2 Å². The molecule has 4 rings (SSSR count). The molecule has 1 aromatic heterocycles. The number of H-pyrrole nitrogens is 1. The maximum absolute atomic E-state index is 13.4. The third kappa shape index (κ3) is 3.43. The molecule has 1 amide bonds. The second-order valence-electron chi connectivity index (χ2n) is 6.80. The van der Waals surface area contributed by atoms with E-state index in [1.165, 1.54) is 6.07 Å². The average Bonchev–Trinajstić information content (AvgIpc) is 3.06. The summed E-state index contributed by atoms with van der Waals surface area (Å²) in [5, 5.41) is 0.891. The molecule has 4 heteroatoms. The van der Waals surface area contributed by atoms with Gasteiger partial charge in [-0.3, -0.25) is 4.79 Å². The van der Waals surface area contributed by atoms with E-state index in [4.69, 9.17) is 0 Å². The van der Waals surface area contributed by atoms with E-state index in [9.17, 15) is 9.18 Å². The molecule has 128 valence electrons. The lowest BCUT2D eigenvalue weighted by Crippen LogP contribution is -2.40. The van der Waals surface area contributed by atoms with Crippen LogP contribution in [0.4, 0.5) is 4.39 Å². The molecule has 1 N–H and O–H groups in total. The number of hydrogen-bond donors (Lipinski definition) is 1. The van der Waals surface area contributed by atoms with Gasteiger partial charge in [0.25, 0.3) is 0 Å². The predicted molar refractivity (Wildman–Crippen MR) is 97.0 cm³/mol. The Bertz CT molecular complexity index is 887. The fraction of sp³-hybridized carbons (Fsp3) is 0.286. The minimum Gasteiger partial charge on any atom is -0.358 e. The molecular formula is C21H21FN2O. The van der Waals surface area contributed by atoms with Crippen LogP contribution in [0.2, 0.25) is 0 Å². The third-order valence-electron chi connectivity index (χ3n) is 5.02. The number of rotatable bonds is 3. The maximum atomic E-state index is 13.4. The van der Waals surface area contributed by atoms with Crippen molar-refractivity contribution in [3.8, 4) is 0 Å². The van der Waals surface area contributed by atoms with Crippen LogP contribution in [-0.2, 0) is 11.2 Å². The molecule has 0 radical (unpaired) electrons. The largest absolute Gasteiger partial charge is 0.358 e. The van der Waals surface area contributed by atoms with E-state index in [1.807, 2.05) is 41.3 Å². The lowest BCUT2D eigenvalue weighted by Gasteiger charge is -2.32. The van der Waals surface area contributed by atoms with Crippen molar-refractivity contribution >= 4 is 16.8 Å². The summed E-state index contributed by atoms with van der Waals surface area (Å²) >= 11 is 0. The number of carbonyl (C=O) groups is 1. The fourth-order valence-corrected chi connectivity index (χ4v) is 3.69. The van der Waals surface area contributed by atoms with Crippen LogP contribution in [0.3, 0.4) is 0 Å². The molecular weight excluding hydrogens is 315 g/mol. The van der Waals surface area contributed by atoms with Gasteiger partial charge in [0, 0.05) is 35.6 Å². The second kappa shape index (κ2) is 6.71. The molecule has 2 heterocycles. The van der Waals surface area contributed by atoms with Gasteiger partial charge >= 0.3 is 0 Å². The van der Waals surface area contributed by atoms with Crippen molar-refractivity contribution in [3.63, 3.8) is 0 Å². The molecule has 3 nitrogen and oxygen atoms in total. The molecule has 0 aliphatic carbocycles. The van der Waals surface area contributed by atoms with Crippen molar-refractivity contribution < 1.29 is 9.18 Å². The Morgan fingerprint density at radius 1 is 1.16 bits per heavy atom. The number of likely N-dealkylation sites (tertiary alicyclic amines) is 1. The van der Waals surface area contributed by atoms with Gasteiger partial charge < -0.3 is 9.88 Å². The van der Waals surface area contributed by atoms with Gasteiger partial charge in [-0.1, -0.05) is 30.3 Å². The summed E-state index contributed by atoms with van der Waals surface area (Å²) in [5.74, 6) is 0.239. The third-order valence-corrected chi connectivity index (χ3v) is 5.02. The maximum Gasteiger partial charge on any atom is 0.227 e. The average molecular weight is 336 g/mol. The van der Waals surface area contributed by atoms with Gasteiger partial charge in [0.1, 0.15) is 5.82 Å². The number of aromatic nitrogens is 1. The molecule has 3 aromatic rings. The van der Waals surface area contributed by atoms with Gasteiger partial charge in [0.15, 0.2) is 0 Å². The molecule has 1 unspecified atom stereocenters. The fourth-order valence-electron chi connectivity index (χ4n) is 3.69. The van der Waals surface area contributed by atoms with E-state index in [0.717, 1.165) is 48.1 Å². The minimum absolute atomic E-state index is 0.179. The minimum atomic E-state index is -0.221. The SMILES string of the molecule is O=C(Cc1ccccc1)N1CCCC(c2cc3cc(F)ccc3[nH]2)C1. The lowest BCUT2D eigenvalue weighted by molar-refractivity contribution is -0.131. The summed E-state index contributed by atoms with van der Waals surface area (Å²) in [5.41, 5.74) is 3.10. The van der Waals surface area contributed by atoms with Crippen LogP contribution in [0.1, 0.15) is 30.0 Å². The molecule has 0 bridgehead atoms. The number of halogens is 1. The first-order valence-electron chi connectivity index (χ1n) is 8.79. The molecule has 25 heavy (non-hydrogen) atoms. The van der Waals surface area contributed by atoms with Gasteiger partial charge in [-0.2, -0.15) is 0 Å². The molecule has 1 aliphatic rings. The van der Waals surface area contributed by atoms with Crippen LogP contribution < -0.4 is 0 Å².